The van der Waals surface area contributed by atoms with Gasteiger partial charge in [0.2, 0.25) is 0 Å². The van der Waals surface area contributed by atoms with Gasteiger partial charge < -0.3 is 0 Å². The van der Waals surface area contributed by atoms with Gasteiger partial charge in [-0.1, -0.05) is 17.7 Å². The van der Waals surface area contributed by atoms with Gasteiger partial charge >= 0.3 is 0 Å². The van der Waals surface area contributed by atoms with Crippen LogP contribution in [0.4, 0.5) is 0 Å². The highest BCUT2D eigenvalue weighted by atomic mass is 35.5. The maximum absolute atomic E-state index is 11.2. The van der Waals surface area contributed by atoms with E-state index in [0.29, 0.717) is 10.8 Å². The second-order valence-electron chi connectivity index (χ2n) is 2.76. The second kappa shape index (κ2) is 2.85. The van der Waals surface area contributed by atoms with E-state index in [0.717, 1.165) is 5.52 Å². The highest BCUT2D eigenvalue weighted by molar-refractivity contribution is 6.32. The monoisotopic (exact) mass is 194 g/mol. The lowest BCUT2D eigenvalue weighted by molar-refractivity contribution is 0.101. The lowest BCUT2D eigenvalue weighted by Crippen LogP contribution is -2.00. The van der Waals surface area contributed by atoms with Gasteiger partial charge in [0.1, 0.15) is 6.33 Å². The van der Waals surface area contributed by atoms with Crippen LogP contribution in [0.1, 0.15) is 17.4 Å². The van der Waals surface area contributed by atoms with Gasteiger partial charge in [0.25, 0.3) is 0 Å². The maximum Gasteiger partial charge on any atom is 0.176 e. The number of hydrogen-bond donors (Lipinski definition) is 0. The van der Waals surface area contributed by atoms with Gasteiger partial charge in [0.15, 0.2) is 10.9 Å². The molecule has 13 heavy (non-hydrogen) atoms. The molecule has 0 amide bonds. The smallest absolute Gasteiger partial charge is 0.176 e. The first-order valence-electron chi connectivity index (χ1n) is 3.82. The lowest BCUT2D eigenvalue weighted by Gasteiger charge is -1.99. The van der Waals surface area contributed by atoms with E-state index >= 15 is 0 Å². The van der Waals surface area contributed by atoms with Crippen LogP contribution in [-0.4, -0.2) is 15.2 Å². The van der Waals surface area contributed by atoms with Crippen molar-refractivity contribution in [1.82, 2.24) is 9.38 Å². The molecule has 2 aromatic heterocycles. The van der Waals surface area contributed by atoms with E-state index in [-0.39, 0.29) is 5.78 Å². The van der Waals surface area contributed by atoms with Crippen LogP contribution < -0.4 is 0 Å². The first-order valence-corrected chi connectivity index (χ1v) is 4.20. The molecule has 0 spiro atoms. The summed E-state index contributed by atoms with van der Waals surface area (Å²) in [6, 6.07) is 5.36. The molecule has 0 unspecified atom stereocenters. The van der Waals surface area contributed by atoms with Gasteiger partial charge in [-0.2, -0.15) is 0 Å². The molecular weight excluding hydrogens is 188 g/mol. The molecule has 0 saturated heterocycles. The van der Waals surface area contributed by atoms with Crippen molar-refractivity contribution < 1.29 is 4.79 Å². The van der Waals surface area contributed by atoms with Crippen molar-refractivity contribution in [3.05, 3.63) is 35.4 Å². The van der Waals surface area contributed by atoms with Crippen LogP contribution in [0.5, 0.6) is 0 Å². The topological polar surface area (TPSA) is 34.4 Å². The maximum atomic E-state index is 11.2. The van der Waals surface area contributed by atoms with Crippen LogP contribution in [-0.2, 0) is 0 Å². The number of ketones is 1. The molecule has 2 heterocycles. The number of imidazole rings is 1. The molecule has 0 saturated carbocycles. The minimum absolute atomic E-state index is 0.000309. The number of Topliss-reactive ketones (excluding diaryl/α,β-unsaturated/α-hetero) is 1. The van der Waals surface area contributed by atoms with Crippen molar-refractivity contribution in [1.29, 1.82) is 0 Å². The van der Waals surface area contributed by atoms with Crippen LogP contribution in [0, 0.1) is 0 Å². The second-order valence-corrected chi connectivity index (χ2v) is 3.12. The summed E-state index contributed by atoms with van der Waals surface area (Å²) in [5, 5.41) is 0.420. The molecule has 0 bridgehead atoms. The molecule has 0 aliphatic rings. The first-order chi connectivity index (χ1) is 6.20. The molecule has 0 N–H and O–H groups in total. The number of halogens is 1. The fourth-order valence-electron chi connectivity index (χ4n) is 1.27. The Kier molecular flexibility index (Phi) is 1.81. The third-order valence-corrected chi connectivity index (χ3v) is 2.18. The third-order valence-electron chi connectivity index (χ3n) is 1.89. The Labute approximate surface area is 80.0 Å². The normalized spacial score (nSPS) is 10.6. The molecule has 0 radical (unpaired) electrons. The number of pyridine rings is 1. The Morgan fingerprint density at radius 3 is 3.00 bits per heavy atom. The van der Waals surface area contributed by atoms with E-state index in [4.69, 9.17) is 11.6 Å². The minimum Gasteiger partial charge on any atom is -0.294 e. The Hall–Kier alpha value is -1.35. The zero-order valence-electron chi connectivity index (χ0n) is 6.99. The van der Waals surface area contributed by atoms with Gasteiger partial charge in [-0.05, 0) is 12.1 Å². The van der Waals surface area contributed by atoms with Crippen LogP contribution in [0.15, 0.2) is 24.5 Å². The van der Waals surface area contributed by atoms with E-state index in [1.165, 1.54) is 6.92 Å². The number of hydrogen-bond acceptors (Lipinski definition) is 2. The lowest BCUT2D eigenvalue weighted by atomic mass is 10.2. The summed E-state index contributed by atoms with van der Waals surface area (Å²) in [6.45, 7) is 1.52. The standard InChI is InChI=1S/C9H7ClN2O/c1-6(13)7-3-2-4-8-9(10)11-5-12(7)8/h2-5H,1H3. The minimum atomic E-state index is -0.000309. The van der Waals surface area contributed by atoms with Crippen molar-refractivity contribution in [2.75, 3.05) is 0 Å². The number of carbonyl (C=O) groups excluding carboxylic acids is 1. The number of rotatable bonds is 1. The molecule has 2 aromatic rings. The SMILES string of the molecule is CC(=O)c1cccc2c(Cl)ncn12. The molecule has 0 aliphatic heterocycles. The molecule has 0 fully saturated rings. The van der Waals surface area contributed by atoms with Crippen LogP contribution in [0.25, 0.3) is 5.52 Å². The van der Waals surface area contributed by atoms with Gasteiger partial charge in [-0.3, -0.25) is 9.20 Å². The van der Waals surface area contributed by atoms with Gasteiger partial charge in [0.05, 0.1) is 11.2 Å². The van der Waals surface area contributed by atoms with Crippen molar-refractivity contribution in [3.8, 4) is 0 Å². The molecule has 2 rings (SSSR count). The molecule has 0 aliphatic carbocycles. The zero-order valence-corrected chi connectivity index (χ0v) is 7.75. The van der Waals surface area contributed by atoms with Gasteiger partial charge in [-0.15, -0.1) is 0 Å². The quantitative estimate of drug-likeness (QED) is 0.653. The average molecular weight is 195 g/mol. The summed E-state index contributed by atoms with van der Waals surface area (Å²) in [7, 11) is 0. The van der Waals surface area contributed by atoms with Crippen molar-refractivity contribution in [2.45, 2.75) is 6.92 Å². The molecule has 0 aromatic carbocycles. The molecule has 66 valence electrons. The van der Waals surface area contributed by atoms with Crippen LogP contribution in [0.2, 0.25) is 5.15 Å². The summed E-state index contributed by atoms with van der Waals surface area (Å²) in [5.74, 6) is -0.000309. The first kappa shape index (κ1) is 8.26. The summed E-state index contributed by atoms with van der Waals surface area (Å²) >= 11 is 5.81. The Balaban J connectivity index is 2.84. The Morgan fingerprint density at radius 2 is 2.31 bits per heavy atom. The van der Waals surface area contributed by atoms with E-state index < -0.39 is 0 Å². The third kappa shape index (κ3) is 1.21. The van der Waals surface area contributed by atoms with Crippen LogP contribution >= 0.6 is 11.6 Å². The van der Waals surface area contributed by atoms with E-state index in [1.54, 1.807) is 22.9 Å². The highest BCUT2D eigenvalue weighted by Gasteiger charge is 2.07. The van der Waals surface area contributed by atoms with E-state index in [1.807, 2.05) is 6.07 Å². The molecule has 4 heteroatoms. The number of carbonyl (C=O) groups is 1. The average Bonchev–Trinajstić information content (AvgIpc) is 2.48. The summed E-state index contributed by atoms with van der Waals surface area (Å²) in [5.41, 5.74) is 1.35. The predicted octanol–water partition coefficient (Wildman–Crippen LogP) is 2.19. The Morgan fingerprint density at radius 1 is 1.54 bits per heavy atom. The fourth-order valence-corrected chi connectivity index (χ4v) is 1.47. The summed E-state index contributed by atoms with van der Waals surface area (Å²) in [4.78, 5) is 15.1. The molecule has 3 nitrogen and oxygen atoms in total. The van der Waals surface area contributed by atoms with Crippen molar-refractivity contribution in [3.63, 3.8) is 0 Å². The van der Waals surface area contributed by atoms with Crippen molar-refractivity contribution in [2.24, 2.45) is 0 Å². The summed E-state index contributed by atoms with van der Waals surface area (Å²) in [6.07, 6.45) is 1.55. The van der Waals surface area contributed by atoms with Gasteiger partial charge in [-0.25, -0.2) is 4.98 Å². The summed E-state index contributed by atoms with van der Waals surface area (Å²) < 4.78 is 1.69. The molecular formula is C9H7ClN2O. The van der Waals surface area contributed by atoms with Gasteiger partial charge in [0, 0.05) is 6.92 Å². The predicted molar refractivity (Wildman–Crippen MR) is 50.2 cm³/mol. The number of fused-ring (bicyclic) bond motifs is 1. The zero-order chi connectivity index (χ0) is 9.42. The molecule has 0 atom stereocenters. The van der Waals surface area contributed by atoms with Crippen molar-refractivity contribution >= 4 is 22.9 Å². The Bertz CT molecular complexity index is 475. The highest BCUT2D eigenvalue weighted by Crippen LogP contribution is 2.16. The largest absolute Gasteiger partial charge is 0.294 e. The number of nitrogens with zero attached hydrogens (tertiary/aromatic N) is 2. The van der Waals surface area contributed by atoms with Crippen LogP contribution in [0.3, 0.4) is 0 Å². The van der Waals surface area contributed by atoms with E-state index in [9.17, 15) is 4.79 Å². The number of aromatic nitrogens is 2. The fraction of sp³-hybridized carbons (Fsp3) is 0.111. The van der Waals surface area contributed by atoms with E-state index in [2.05, 4.69) is 4.98 Å².